The Morgan fingerprint density at radius 2 is 1.61 bits per heavy atom. The molecule has 156 valence electrons. The average molecular weight is 413 g/mol. The van der Waals surface area contributed by atoms with Crippen molar-refractivity contribution in [2.75, 3.05) is 37.6 Å². The second-order valence-electron chi connectivity index (χ2n) is 8.05. The van der Waals surface area contributed by atoms with Crippen molar-refractivity contribution in [1.82, 2.24) is 14.5 Å². The van der Waals surface area contributed by atoms with Crippen LogP contribution >= 0.6 is 0 Å². The molecule has 0 bridgehead atoms. The van der Waals surface area contributed by atoms with Crippen molar-refractivity contribution < 1.29 is 9.69 Å². The quantitative estimate of drug-likeness (QED) is 0.511. The minimum Gasteiger partial charge on any atom is -0.343 e. The minimum atomic E-state index is 0.204. The number of hydrogen-bond donors (Lipinski definition) is 1. The van der Waals surface area contributed by atoms with Crippen LogP contribution in [-0.2, 0) is 7.05 Å². The molecule has 6 heteroatoms. The number of rotatable bonds is 5. The maximum absolute atomic E-state index is 13.6. The lowest BCUT2D eigenvalue weighted by molar-refractivity contribution is -0.892. The number of piperazine rings is 1. The molecule has 1 fully saturated rings. The van der Waals surface area contributed by atoms with Crippen LogP contribution in [0.1, 0.15) is 10.4 Å². The average Bonchev–Trinajstić information content (AvgIpc) is 3.13. The Bertz CT molecular complexity index is 1190. The van der Waals surface area contributed by atoms with Gasteiger partial charge in [-0.05, 0) is 17.7 Å². The highest BCUT2D eigenvalue weighted by Gasteiger charge is 2.28. The molecule has 31 heavy (non-hydrogen) atoms. The van der Waals surface area contributed by atoms with Crippen LogP contribution in [0.4, 0.5) is 5.95 Å². The van der Waals surface area contributed by atoms with Crippen molar-refractivity contribution in [1.29, 1.82) is 0 Å². The predicted molar refractivity (Wildman–Crippen MR) is 122 cm³/mol. The van der Waals surface area contributed by atoms with Gasteiger partial charge in [0.2, 0.25) is 11.7 Å². The summed E-state index contributed by atoms with van der Waals surface area (Å²) in [6, 6.07) is 20.2. The van der Waals surface area contributed by atoms with Gasteiger partial charge in [0, 0.05) is 30.3 Å². The van der Waals surface area contributed by atoms with Crippen LogP contribution in [0.5, 0.6) is 0 Å². The highest BCUT2D eigenvalue weighted by atomic mass is 16.1. The summed E-state index contributed by atoms with van der Waals surface area (Å²) in [4.78, 5) is 25.8. The molecule has 4 aromatic rings. The van der Waals surface area contributed by atoms with E-state index >= 15 is 0 Å². The molecule has 0 atom stereocenters. The lowest BCUT2D eigenvalue weighted by atomic mass is 10.0. The van der Waals surface area contributed by atoms with E-state index in [1.54, 1.807) is 12.4 Å². The van der Waals surface area contributed by atoms with Crippen LogP contribution in [0.3, 0.4) is 0 Å². The maximum Gasteiger partial charge on any atom is 0.225 e. The number of quaternary nitrogens is 1. The Hall–Kier alpha value is -3.51. The summed E-state index contributed by atoms with van der Waals surface area (Å²) in [6.07, 6.45) is 3.55. The number of aryl methyl sites for hydroxylation is 1. The smallest absolute Gasteiger partial charge is 0.225 e. The number of carbonyl (C=O) groups excluding carboxylic acids is 1. The van der Waals surface area contributed by atoms with Gasteiger partial charge in [-0.1, -0.05) is 48.5 Å². The summed E-state index contributed by atoms with van der Waals surface area (Å²) in [7, 11) is 2.05. The minimum absolute atomic E-state index is 0.204. The zero-order valence-electron chi connectivity index (χ0n) is 17.7. The van der Waals surface area contributed by atoms with E-state index in [1.807, 2.05) is 43.4 Å². The number of benzene rings is 2. The van der Waals surface area contributed by atoms with Crippen LogP contribution in [0.15, 0.2) is 73.1 Å². The Morgan fingerprint density at radius 1 is 0.935 bits per heavy atom. The molecule has 0 saturated carbocycles. The lowest BCUT2D eigenvalue weighted by Crippen LogP contribution is -3.15. The van der Waals surface area contributed by atoms with Crippen LogP contribution in [-0.4, -0.2) is 53.0 Å². The fourth-order valence-electron chi connectivity index (χ4n) is 4.58. The van der Waals surface area contributed by atoms with Crippen LogP contribution in [0, 0.1) is 0 Å². The molecule has 6 nitrogen and oxygen atoms in total. The summed E-state index contributed by atoms with van der Waals surface area (Å²) >= 11 is 0. The number of anilines is 1. The van der Waals surface area contributed by atoms with E-state index in [-0.39, 0.29) is 5.78 Å². The molecule has 1 N–H and O–H groups in total. The number of fused-ring (bicyclic) bond motifs is 1. The number of carbonyl (C=O) groups is 1. The molecule has 0 spiro atoms. The van der Waals surface area contributed by atoms with E-state index in [0.29, 0.717) is 6.54 Å². The first-order valence-corrected chi connectivity index (χ1v) is 10.7. The number of ketones is 1. The monoisotopic (exact) mass is 412 g/mol. The van der Waals surface area contributed by atoms with E-state index in [2.05, 4.69) is 43.7 Å². The molecular formula is C25H26N5O+. The van der Waals surface area contributed by atoms with Gasteiger partial charge in [-0.3, -0.25) is 4.79 Å². The molecule has 0 amide bonds. The Labute approximate surface area is 181 Å². The van der Waals surface area contributed by atoms with Gasteiger partial charge in [0.15, 0.2) is 0 Å². The highest BCUT2D eigenvalue weighted by Crippen LogP contribution is 2.33. The first kappa shape index (κ1) is 19.5. The number of hydrogen-bond acceptors (Lipinski definition) is 4. The van der Waals surface area contributed by atoms with Gasteiger partial charge in [0.25, 0.3) is 0 Å². The van der Waals surface area contributed by atoms with Gasteiger partial charge in [-0.25, -0.2) is 9.97 Å². The molecule has 1 aliphatic heterocycles. The van der Waals surface area contributed by atoms with E-state index in [0.717, 1.165) is 59.9 Å². The second kappa shape index (κ2) is 8.32. The molecule has 0 radical (unpaired) electrons. The number of nitrogens with one attached hydrogen (secondary N) is 1. The van der Waals surface area contributed by atoms with Crippen molar-refractivity contribution >= 4 is 22.6 Å². The molecule has 1 aliphatic rings. The van der Waals surface area contributed by atoms with Crippen LogP contribution < -0.4 is 9.80 Å². The lowest BCUT2D eigenvalue weighted by Gasteiger charge is -2.31. The largest absolute Gasteiger partial charge is 0.343 e. The van der Waals surface area contributed by atoms with E-state index in [1.165, 1.54) is 4.90 Å². The van der Waals surface area contributed by atoms with Gasteiger partial charge in [0.1, 0.15) is 6.54 Å². The van der Waals surface area contributed by atoms with Crippen molar-refractivity contribution in [2.45, 2.75) is 0 Å². The topological polar surface area (TPSA) is 55.5 Å². The van der Waals surface area contributed by atoms with Crippen molar-refractivity contribution in [2.24, 2.45) is 7.05 Å². The van der Waals surface area contributed by atoms with Crippen molar-refractivity contribution in [3.63, 3.8) is 0 Å². The molecular weight excluding hydrogens is 386 g/mol. The Morgan fingerprint density at radius 3 is 2.35 bits per heavy atom. The third-order valence-corrected chi connectivity index (χ3v) is 6.15. The standard InChI is InChI=1S/C25H25N5O/c1-28-21-11-6-5-10-20(21)23(24(28)19-8-3-2-4-9-19)22(31)18-29-14-16-30(17-15-29)25-26-12-7-13-27-25/h2-13H,14-18H2,1H3/p+1. The molecule has 3 heterocycles. The van der Waals surface area contributed by atoms with Gasteiger partial charge in [-0.2, -0.15) is 0 Å². The fourth-order valence-corrected chi connectivity index (χ4v) is 4.58. The summed E-state index contributed by atoms with van der Waals surface area (Å²) in [5.74, 6) is 0.975. The molecule has 0 aliphatic carbocycles. The first-order valence-electron chi connectivity index (χ1n) is 10.7. The number of para-hydroxylation sites is 1. The third kappa shape index (κ3) is 3.70. The van der Waals surface area contributed by atoms with E-state index in [4.69, 9.17) is 0 Å². The van der Waals surface area contributed by atoms with E-state index in [9.17, 15) is 4.79 Å². The maximum atomic E-state index is 13.6. The third-order valence-electron chi connectivity index (χ3n) is 6.15. The predicted octanol–water partition coefficient (Wildman–Crippen LogP) is 2.22. The second-order valence-corrected chi connectivity index (χ2v) is 8.05. The first-order chi connectivity index (χ1) is 15.2. The summed E-state index contributed by atoms with van der Waals surface area (Å²) in [6.45, 7) is 4.00. The van der Waals surface area contributed by atoms with Crippen LogP contribution in [0.2, 0.25) is 0 Å². The zero-order chi connectivity index (χ0) is 21.2. The highest BCUT2D eigenvalue weighted by molar-refractivity contribution is 6.14. The summed E-state index contributed by atoms with van der Waals surface area (Å²) in [5.41, 5.74) is 4.00. The molecule has 5 rings (SSSR count). The van der Waals surface area contributed by atoms with Crippen molar-refractivity contribution in [3.05, 3.63) is 78.6 Å². The zero-order valence-corrected chi connectivity index (χ0v) is 17.7. The van der Waals surface area contributed by atoms with Gasteiger partial charge in [0.05, 0.1) is 37.4 Å². The van der Waals surface area contributed by atoms with Crippen LogP contribution in [0.25, 0.3) is 22.2 Å². The van der Waals surface area contributed by atoms with Gasteiger partial charge in [-0.15, -0.1) is 0 Å². The number of nitrogens with zero attached hydrogens (tertiary/aromatic N) is 4. The number of Topliss-reactive ketones (excluding diaryl/α,β-unsaturated/α-hetero) is 1. The fraction of sp³-hybridized carbons (Fsp3) is 0.240. The number of aromatic nitrogens is 3. The van der Waals surface area contributed by atoms with E-state index < -0.39 is 0 Å². The molecule has 0 unspecified atom stereocenters. The Kier molecular flexibility index (Phi) is 5.22. The van der Waals surface area contributed by atoms with Gasteiger partial charge >= 0.3 is 0 Å². The molecule has 1 saturated heterocycles. The Balaban J connectivity index is 1.41. The molecule has 2 aromatic heterocycles. The normalized spacial score (nSPS) is 14.8. The van der Waals surface area contributed by atoms with Crippen molar-refractivity contribution in [3.8, 4) is 11.3 Å². The molecule has 2 aromatic carbocycles. The van der Waals surface area contributed by atoms with Gasteiger partial charge < -0.3 is 14.4 Å². The summed E-state index contributed by atoms with van der Waals surface area (Å²) in [5, 5.41) is 1.03. The summed E-state index contributed by atoms with van der Waals surface area (Å²) < 4.78 is 2.15. The SMILES string of the molecule is Cn1c(-c2ccccc2)c(C(=O)C[NH+]2CCN(c3ncccn3)CC2)c2ccccc21.